The van der Waals surface area contributed by atoms with Crippen LogP contribution in [0.4, 0.5) is 0 Å². The molecule has 0 unspecified atom stereocenters. The number of hydrogen-bond donors (Lipinski definition) is 0. The van der Waals surface area contributed by atoms with E-state index in [1.807, 2.05) is 0 Å². The van der Waals surface area contributed by atoms with E-state index in [-0.39, 0.29) is 34.0 Å². The molecule has 0 heterocycles. The Kier molecular flexibility index (Phi) is 31.3. The smallest absolute Gasteiger partial charge is 0.0786 e. The Labute approximate surface area is 201 Å². The molecule has 0 rings (SSSR count). The van der Waals surface area contributed by atoms with Crippen molar-refractivity contribution in [1.29, 1.82) is 0 Å². The van der Waals surface area contributed by atoms with Gasteiger partial charge in [-0.3, -0.25) is 0 Å². The van der Waals surface area contributed by atoms with E-state index in [9.17, 15) is 0 Å². The molecule has 4 heteroatoms. The van der Waals surface area contributed by atoms with Gasteiger partial charge in [0.1, 0.15) is 0 Å². The van der Waals surface area contributed by atoms with E-state index in [0.717, 1.165) is 0 Å². The summed E-state index contributed by atoms with van der Waals surface area (Å²) in [5.74, 6) is 0. The lowest BCUT2D eigenvalue weighted by Crippen LogP contribution is -3.00. The van der Waals surface area contributed by atoms with E-state index in [1.165, 1.54) is 113 Å². The molecule has 0 aromatic carbocycles. The summed E-state index contributed by atoms with van der Waals surface area (Å²) in [6.07, 6.45) is 11.1. The number of nitrogens with zero attached hydrogens (tertiary/aromatic N) is 2. The maximum Gasteiger partial charge on any atom is 0.0786 e. The highest BCUT2D eigenvalue weighted by Gasteiger charge is 2.24. The number of hydrogen-bond acceptors (Lipinski definition) is 0. The van der Waals surface area contributed by atoms with E-state index < -0.39 is 0 Å². The molecule has 0 amide bonds. The molecule has 0 aliphatic heterocycles. The maximum atomic E-state index is 2.33. The maximum absolute atomic E-state index is 2.33. The van der Waals surface area contributed by atoms with E-state index in [1.54, 1.807) is 0 Å². The molecule has 0 saturated carbocycles. The van der Waals surface area contributed by atoms with Gasteiger partial charge in [-0.15, -0.1) is 0 Å². The van der Waals surface area contributed by atoms with Crippen LogP contribution in [0.5, 0.6) is 0 Å². The van der Waals surface area contributed by atoms with Crippen molar-refractivity contribution in [3.05, 3.63) is 0 Å². The molecular weight excluding hydrogens is 476 g/mol. The minimum absolute atomic E-state index is 0. The van der Waals surface area contributed by atoms with Crippen molar-refractivity contribution >= 4 is 0 Å². The molecule has 176 valence electrons. The van der Waals surface area contributed by atoms with Crippen LogP contribution in [0.2, 0.25) is 0 Å². The fraction of sp³-hybridized carbons (Fsp3) is 1.00. The van der Waals surface area contributed by atoms with Gasteiger partial charge < -0.3 is 42.9 Å². The van der Waals surface area contributed by atoms with E-state index in [2.05, 4.69) is 55.4 Å². The molecule has 0 aromatic heterocycles. The first-order valence-corrected chi connectivity index (χ1v) is 12.2. The summed E-state index contributed by atoms with van der Waals surface area (Å²) in [5, 5.41) is 0. The van der Waals surface area contributed by atoms with Gasteiger partial charge in [-0.2, -0.15) is 0 Å². The number of unbranched alkanes of at least 4 members (excludes halogenated alkanes) is 4. The van der Waals surface area contributed by atoms with Gasteiger partial charge in [0.2, 0.25) is 0 Å². The average molecular weight is 533 g/mol. The zero-order valence-corrected chi connectivity index (χ0v) is 24.1. The van der Waals surface area contributed by atoms with Crippen LogP contribution < -0.4 is 34.0 Å². The van der Waals surface area contributed by atoms with Gasteiger partial charge in [0.05, 0.1) is 52.4 Å². The second-order valence-electron chi connectivity index (χ2n) is 8.26. The third kappa shape index (κ3) is 16.7. The third-order valence-corrected chi connectivity index (χ3v) is 6.63. The van der Waals surface area contributed by atoms with Crippen LogP contribution in [0.25, 0.3) is 0 Å². The predicted octanol–water partition coefficient (Wildman–Crippen LogP) is 0.894. The fourth-order valence-corrected chi connectivity index (χ4v) is 3.99. The van der Waals surface area contributed by atoms with Crippen molar-refractivity contribution in [1.82, 2.24) is 0 Å². The molecule has 0 N–H and O–H groups in total. The Morgan fingerprint density at radius 2 is 0.571 bits per heavy atom. The summed E-state index contributed by atoms with van der Waals surface area (Å²) in [6, 6.07) is 0. The summed E-state index contributed by atoms with van der Waals surface area (Å²) in [5.41, 5.74) is 0. The van der Waals surface area contributed by atoms with Crippen LogP contribution in [0.1, 0.15) is 107 Å². The van der Waals surface area contributed by atoms with Crippen molar-refractivity contribution in [2.45, 2.75) is 107 Å². The second-order valence-corrected chi connectivity index (χ2v) is 8.26. The van der Waals surface area contributed by atoms with Crippen LogP contribution in [-0.4, -0.2) is 61.3 Å². The molecule has 0 spiro atoms. The lowest BCUT2D eigenvalue weighted by Gasteiger charge is -2.39. The van der Waals surface area contributed by atoms with E-state index >= 15 is 0 Å². The summed E-state index contributed by atoms with van der Waals surface area (Å²) in [4.78, 5) is 0. The summed E-state index contributed by atoms with van der Waals surface area (Å²) in [7, 11) is 0. The van der Waals surface area contributed by atoms with Gasteiger partial charge in [-0.25, -0.2) is 0 Å². The zero-order chi connectivity index (χ0) is 20.3. The monoisotopic (exact) mass is 530 g/mol. The van der Waals surface area contributed by atoms with Crippen LogP contribution >= 0.6 is 0 Å². The molecule has 0 fully saturated rings. The van der Waals surface area contributed by atoms with Gasteiger partial charge in [0.25, 0.3) is 0 Å². The van der Waals surface area contributed by atoms with Crippen molar-refractivity contribution in [3.8, 4) is 0 Å². The molecule has 28 heavy (non-hydrogen) atoms. The largest absolute Gasteiger partial charge is 1.00 e. The molecule has 2 nitrogen and oxygen atoms in total. The van der Waals surface area contributed by atoms with Crippen molar-refractivity contribution in [2.75, 3.05) is 52.4 Å². The molecule has 0 aromatic rings. The molecule has 0 radical (unpaired) electrons. The van der Waals surface area contributed by atoms with Gasteiger partial charge in [-0.05, 0) is 53.4 Å². The Bertz CT molecular complexity index is 227. The highest BCUT2D eigenvalue weighted by atomic mass is 79.9. The average Bonchev–Trinajstić information content (AvgIpc) is 2.69. The fourth-order valence-electron chi connectivity index (χ4n) is 3.99. The van der Waals surface area contributed by atoms with Gasteiger partial charge in [-0.1, -0.05) is 53.4 Å². The second kappa shape index (κ2) is 24.2. The highest BCUT2D eigenvalue weighted by Crippen LogP contribution is 2.16. The first-order valence-electron chi connectivity index (χ1n) is 12.2. The standard InChI is InChI=1S/C16H36N.C8H20N.2BrH/c1-5-9-13-17(14-10-6-2,15-11-7-3)16-12-8-4;1-5-9(6-2,7-3)8-4;;/h5-16H2,1-4H3;5-8H2,1-4H3;2*1H/q2*+1;;/p-2. The predicted molar refractivity (Wildman–Crippen MR) is 122 cm³/mol. The minimum atomic E-state index is 0. The lowest BCUT2D eigenvalue weighted by atomic mass is 10.1. The SMILES string of the molecule is CCCC[N+](CCCC)(CCCC)CCCC.CC[N+](CC)(CC)CC.[Br-].[Br-]. The first kappa shape index (κ1) is 36.3. The first-order chi connectivity index (χ1) is 12.5. The highest BCUT2D eigenvalue weighted by molar-refractivity contribution is 4.49. The normalized spacial score (nSPS) is 11.1. The Hall–Kier alpha value is 0.880. The third-order valence-electron chi connectivity index (χ3n) is 6.63. The number of halogens is 2. The number of quaternary nitrogens is 2. The molecule has 0 atom stereocenters. The molecular formula is C24H56Br2N2. The van der Waals surface area contributed by atoms with Gasteiger partial charge >= 0.3 is 0 Å². The van der Waals surface area contributed by atoms with E-state index in [4.69, 9.17) is 0 Å². The van der Waals surface area contributed by atoms with Gasteiger partial charge in [0, 0.05) is 0 Å². The van der Waals surface area contributed by atoms with Crippen molar-refractivity contribution in [2.24, 2.45) is 0 Å². The molecule has 0 aliphatic rings. The summed E-state index contributed by atoms with van der Waals surface area (Å²) < 4.78 is 2.70. The summed E-state index contributed by atoms with van der Waals surface area (Å²) in [6.45, 7) is 29.2. The van der Waals surface area contributed by atoms with Gasteiger partial charge in [0.15, 0.2) is 0 Å². The topological polar surface area (TPSA) is 0 Å². The van der Waals surface area contributed by atoms with Crippen LogP contribution in [0, 0.1) is 0 Å². The Morgan fingerprint density at radius 3 is 0.679 bits per heavy atom. The zero-order valence-electron chi connectivity index (χ0n) is 21.0. The molecule has 0 saturated heterocycles. The molecule has 0 aliphatic carbocycles. The van der Waals surface area contributed by atoms with Crippen molar-refractivity contribution in [3.63, 3.8) is 0 Å². The van der Waals surface area contributed by atoms with Crippen LogP contribution in [0.3, 0.4) is 0 Å². The van der Waals surface area contributed by atoms with Crippen LogP contribution in [-0.2, 0) is 0 Å². The quantitative estimate of drug-likeness (QED) is 0.259. The van der Waals surface area contributed by atoms with Crippen LogP contribution in [0.15, 0.2) is 0 Å². The van der Waals surface area contributed by atoms with E-state index in [0.29, 0.717) is 0 Å². The summed E-state index contributed by atoms with van der Waals surface area (Å²) >= 11 is 0. The Morgan fingerprint density at radius 1 is 0.357 bits per heavy atom. The lowest BCUT2D eigenvalue weighted by molar-refractivity contribution is -0.929. The molecule has 0 bridgehead atoms. The van der Waals surface area contributed by atoms with Crippen molar-refractivity contribution < 1.29 is 42.9 Å². The Balaban J connectivity index is -0.000000225. The number of rotatable bonds is 16. The minimum Gasteiger partial charge on any atom is -1.00 e.